The molecule has 0 aliphatic heterocycles. The zero-order chi connectivity index (χ0) is 17.3. The van der Waals surface area contributed by atoms with E-state index >= 15 is 0 Å². The summed E-state index contributed by atoms with van der Waals surface area (Å²) in [4.78, 5) is 34.0. The molecule has 0 aliphatic carbocycles. The molecule has 1 atom stereocenters. The summed E-state index contributed by atoms with van der Waals surface area (Å²) in [7, 11) is 0. The summed E-state index contributed by atoms with van der Waals surface area (Å²) in [6.07, 6.45) is 1.29. The second kappa shape index (κ2) is 7.08. The third-order valence-corrected chi connectivity index (χ3v) is 6.95. The van der Waals surface area contributed by atoms with Gasteiger partial charge in [0.2, 0.25) is 0 Å². The lowest BCUT2D eigenvalue weighted by Crippen LogP contribution is -2.17. The number of nitrogens with one attached hydrogen (secondary N) is 1. The molecule has 0 amide bonds. The van der Waals surface area contributed by atoms with Crippen LogP contribution in [0, 0.1) is 0 Å². The van der Waals surface area contributed by atoms with E-state index in [0.717, 1.165) is 33.5 Å². The molecule has 1 unspecified atom stereocenters. The number of aromatic amines is 1. The van der Waals surface area contributed by atoms with E-state index in [-0.39, 0.29) is 5.56 Å². The fraction of sp³-hybridized carbons (Fsp3) is 0.312. The first-order valence-electron chi connectivity index (χ1n) is 7.54. The van der Waals surface area contributed by atoms with Crippen LogP contribution < -0.4 is 5.56 Å². The fourth-order valence-corrected chi connectivity index (χ4v) is 5.35. The quantitative estimate of drug-likeness (QED) is 0.494. The first kappa shape index (κ1) is 17.2. The molecule has 2 N–H and O–H groups in total. The SMILES string of the molecule is CCc1sc2nc(SC(CC)C(=O)O)[nH]c(=O)c2c1-c1cccs1. The number of aromatic nitrogens is 2. The molecule has 8 heteroatoms. The lowest BCUT2D eigenvalue weighted by molar-refractivity contribution is -0.136. The highest BCUT2D eigenvalue weighted by atomic mass is 32.2. The predicted molar refractivity (Wildman–Crippen MR) is 101 cm³/mol. The molecule has 0 aromatic carbocycles. The zero-order valence-electron chi connectivity index (χ0n) is 13.2. The summed E-state index contributed by atoms with van der Waals surface area (Å²) >= 11 is 4.20. The number of carboxylic acid groups (broad SMARTS) is 1. The molecule has 0 aliphatic rings. The van der Waals surface area contributed by atoms with Crippen molar-refractivity contribution >= 4 is 50.6 Å². The molecule has 0 fully saturated rings. The Bertz CT molecular complexity index is 928. The van der Waals surface area contributed by atoms with Crippen molar-refractivity contribution in [1.82, 2.24) is 9.97 Å². The topological polar surface area (TPSA) is 83.0 Å². The highest BCUT2D eigenvalue weighted by Crippen LogP contribution is 2.39. The van der Waals surface area contributed by atoms with Gasteiger partial charge in [-0.2, -0.15) is 0 Å². The first-order valence-corrected chi connectivity index (χ1v) is 10.1. The monoisotopic (exact) mass is 380 g/mol. The Kier molecular flexibility index (Phi) is 5.07. The number of thioether (sulfide) groups is 1. The second-order valence-electron chi connectivity index (χ2n) is 5.14. The molecule has 3 aromatic heterocycles. The van der Waals surface area contributed by atoms with E-state index < -0.39 is 11.2 Å². The lowest BCUT2D eigenvalue weighted by atomic mass is 10.1. The molecule has 5 nitrogen and oxygen atoms in total. The molecule has 3 aromatic rings. The van der Waals surface area contributed by atoms with Gasteiger partial charge in [-0.15, -0.1) is 22.7 Å². The Morgan fingerprint density at radius 2 is 2.25 bits per heavy atom. The van der Waals surface area contributed by atoms with Gasteiger partial charge in [-0.3, -0.25) is 9.59 Å². The van der Waals surface area contributed by atoms with E-state index in [1.807, 2.05) is 17.5 Å². The van der Waals surface area contributed by atoms with Gasteiger partial charge in [0.05, 0.1) is 5.39 Å². The number of aliphatic carboxylic acids is 1. The first-order chi connectivity index (χ1) is 11.5. The van der Waals surface area contributed by atoms with Crippen LogP contribution in [-0.4, -0.2) is 26.3 Å². The molecule has 0 bridgehead atoms. The van der Waals surface area contributed by atoms with Crippen molar-refractivity contribution < 1.29 is 9.90 Å². The van der Waals surface area contributed by atoms with Crippen LogP contribution in [0.1, 0.15) is 25.1 Å². The van der Waals surface area contributed by atoms with Crippen LogP contribution in [0.5, 0.6) is 0 Å². The van der Waals surface area contributed by atoms with Gasteiger partial charge in [0.15, 0.2) is 5.16 Å². The van der Waals surface area contributed by atoms with Crippen molar-refractivity contribution in [3.63, 3.8) is 0 Å². The van der Waals surface area contributed by atoms with Crippen LogP contribution in [0.25, 0.3) is 20.7 Å². The molecular weight excluding hydrogens is 364 g/mol. The Labute approximate surface area is 150 Å². The molecule has 126 valence electrons. The number of carboxylic acids is 1. The second-order valence-corrected chi connectivity index (χ2v) is 8.36. The minimum Gasteiger partial charge on any atom is -0.480 e. The lowest BCUT2D eigenvalue weighted by Gasteiger charge is -2.08. The minimum atomic E-state index is -0.898. The highest BCUT2D eigenvalue weighted by molar-refractivity contribution is 8.00. The molecule has 0 saturated heterocycles. The Morgan fingerprint density at radius 3 is 2.83 bits per heavy atom. The Morgan fingerprint density at radius 1 is 1.46 bits per heavy atom. The largest absolute Gasteiger partial charge is 0.480 e. The number of H-pyrrole nitrogens is 1. The number of hydrogen-bond donors (Lipinski definition) is 2. The maximum absolute atomic E-state index is 12.6. The molecule has 3 rings (SSSR count). The van der Waals surface area contributed by atoms with Crippen LogP contribution in [-0.2, 0) is 11.2 Å². The fourth-order valence-electron chi connectivity index (χ4n) is 2.46. The average molecular weight is 381 g/mol. The summed E-state index contributed by atoms with van der Waals surface area (Å²) in [5, 5.41) is 11.5. The van der Waals surface area contributed by atoms with Crippen molar-refractivity contribution in [2.75, 3.05) is 0 Å². The minimum absolute atomic E-state index is 0.206. The molecule has 24 heavy (non-hydrogen) atoms. The number of aryl methyl sites for hydroxylation is 1. The van der Waals surface area contributed by atoms with E-state index in [0.29, 0.717) is 21.8 Å². The number of fused-ring (bicyclic) bond motifs is 1. The van der Waals surface area contributed by atoms with Gasteiger partial charge in [-0.05, 0) is 24.3 Å². The van der Waals surface area contributed by atoms with Crippen molar-refractivity contribution in [2.45, 2.75) is 37.1 Å². The maximum Gasteiger partial charge on any atom is 0.317 e. The number of nitrogens with zero attached hydrogens (tertiary/aromatic N) is 1. The number of hydrogen-bond acceptors (Lipinski definition) is 6. The van der Waals surface area contributed by atoms with Crippen LogP contribution in [0.3, 0.4) is 0 Å². The van der Waals surface area contributed by atoms with Crippen molar-refractivity contribution in [3.8, 4) is 10.4 Å². The number of thiophene rings is 2. The normalized spacial score (nSPS) is 12.6. The van der Waals surface area contributed by atoms with Gasteiger partial charge in [0, 0.05) is 15.3 Å². The number of carbonyl (C=O) groups is 1. The summed E-state index contributed by atoms with van der Waals surface area (Å²) in [5.41, 5.74) is 0.755. The number of rotatable bonds is 6. The molecule has 3 heterocycles. The van der Waals surface area contributed by atoms with Gasteiger partial charge >= 0.3 is 5.97 Å². The molecule has 0 radical (unpaired) electrons. The van der Waals surface area contributed by atoms with Crippen LogP contribution in [0.2, 0.25) is 0 Å². The Balaban J connectivity index is 2.14. The maximum atomic E-state index is 12.6. The average Bonchev–Trinajstić information content (AvgIpc) is 3.18. The molecule has 0 saturated carbocycles. The van der Waals surface area contributed by atoms with E-state index in [1.54, 1.807) is 18.3 Å². The summed E-state index contributed by atoms with van der Waals surface area (Å²) in [6.45, 7) is 3.86. The smallest absolute Gasteiger partial charge is 0.317 e. The van der Waals surface area contributed by atoms with Gasteiger partial charge in [0.1, 0.15) is 10.1 Å². The summed E-state index contributed by atoms with van der Waals surface area (Å²) in [5.74, 6) is -0.898. The third-order valence-electron chi connectivity index (χ3n) is 3.60. The summed E-state index contributed by atoms with van der Waals surface area (Å²) in [6, 6.07) is 3.97. The highest BCUT2D eigenvalue weighted by Gasteiger charge is 2.22. The van der Waals surface area contributed by atoms with E-state index in [1.165, 1.54) is 11.3 Å². The van der Waals surface area contributed by atoms with Gasteiger partial charge in [0.25, 0.3) is 5.56 Å². The van der Waals surface area contributed by atoms with Crippen LogP contribution in [0.15, 0.2) is 27.5 Å². The van der Waals surface area contributed by atoms with Gasteiger partial charge in [-0.1, -0.05) is 31.7 Å². The van der Waals surface area contributed by atoms with Crippen molar-refractivity contribution in [3.05, 3.63) is 32.7 Å². The Hall–Kier alpha value is -1.64. The van der Waals surface area contributed by atoms with E-state index in [2.05, 4.69) is 16.9 Å². The van der Waals surface area contributed by atoms with Crippen LogP contribution in [0.4, 0.5) is 0 Å². The van der Waals surface area contributed by atoms with Gasteiger partial charge < -0.3 is 10.1 Å². The molecule has 0 spiro atoms. The summed E-state index contributed by atoms with van der Waals surface area (Å²) < 4.78 is 0. The molecular formula is C16H16N2O3S3. The van der Waals surface area contributed by atoms with Crippen molar-refractivity contribution in [1.29, 1.82) is 0 Å². The van der Waals surface area contributed by atoms with E-state index in [4.69, 9.17) is 0 Å². The van der Waals surface area contributed by atoms with Gasteiger partial charge in [-0.25, -0.2) is 4.98 Å². The van der Waals surface area contributed by atoms with Crippen molar-refractivity contribution in [2.24, 2.45) is 0 Å². The van der Waals surface area contributed by atoms with Crippen LogP contribution >= 0.6 is 34.4 Å². The standard InChI is InChI=1S/C16H16N2O3S3/c1-3-8-11(10-6-5-7-22-10)12-13(19)17-16(18-14(12)23-8)24-9(4-2)15(20)21/h5-7,9H,3-4H2,1-2H3,(H,20,21)(H,17,18,19). The predicted octanol–water partition coefficient (Wildman–Crippen LogP) is 4.23. The van der Waals surface area contributed by atoms with E-state index in [9.17, 15) is 14.7 Å². The zero-order valence-corrected chi connectivity index (χ0v) is 15.6. The third kappa shape index (κ3) is 3.13.